The van der Waals surface area contributed by atoms with Crippen molar-refractivity contribution in [3.8, 4) is 5.75 Å². The fraction of sp³-hybridized carbons (Fsp3) is 0.312. The lowest BCUT2D eigenvalue weighted by atomic mass is 10.1. The standard InChI is InChI=1S/C16H20N2O3/c1-18(2)14(15-5-4-10-21-15)11-17-16(19)12-6-8-13(20-3)9-7-12/h4-10,14H,11H2,1-3H3,(H,17,19). The number of carbonyl (C=O) groups excluding carboxylic acids is 1. The fourth-order valence-electron chi connectivity index (χ4n) is 2.05. The van der Waals surface area contributed by atoms with Gasteiger partial charge in [0, 0.05) is 12.1 Å². The summed E-state index contributed by atoms with van der Waals surface area (Å²) in [5.41, 5.74) is 0.604. The lowest BCUT2D eigenvalue weighted by Gasteiger charge is -2.22. The highest BCUT2D eigenvalue weighted by atomic mass is 16.5. The van der Waals surface area contributed by atoms with Gasteiger partial charge in [-0.2, -0.15) is 0 Å². The molecule has 0 spiro atoms. The van der Waals surface area contributed by atoms with Gasteiger partial charge in [-0.05, 0) is 50.5 Å². The minimum absolute atomic E-state index is 0.00204. The van der Waals surface area contributed by atoms with Crippen LogP contribution in [0.3, 0.4) is 0 Å². The number of ether oxygens (including phenoxy) is 1. The Morgan fingerprint density at radius 3 is 2.52 bits per heavy atom. The van der Waals surface area contributed by atoms with Gasteiger partial charge in [-0.15, -0.1) is 0 Å². The first-order valence-corrected chi connectivity index (χ1v) is 6.74. The number of rotatable bonds is 6. The summed E-state index contributed by atoms with van der Waals surface area (Å²) in [5.74, 6) is 1.44. The van der Waals surface area contributed by atoms with Crippen molar-refractivity contribution >= 4 is 5.91 Å². The molecule has 5 heteroatoms. The van der Waals surface area contributed by atoms with Gasteiger partial charge < -0.3 is 14.5 Å². The predicted molar refractivity (Wildman–Crippen MR) is 80.5 cm³/mol. The van der Waals surface area contributed by atoms with Crippen LogP contribution in [0, 0.1) is 0 Å². The summed E-state index contributed by atoms with van der Waals surface area (Å²) in [6, 6.07) is 10.8. The van der Waals surface area contributed by atoms with Gasteiger partial charge in [0.1, 0.15) is 11.5 Å². The SMILES string of the molecule is COc1ccc(C(=O)NCC(c2ccco2)N(C)C)cc1. The molecule has 0 saturated heterocycles. The summed E-state index contributed by atoms with van der Waals surface area (Å²) in [7, 11) is 5.50. The number of hydrogen-bond acceptors (Lipinski definition) is 4. The molecule has 1 atom stereocenters. The van der Waals surface area contributed by atoms with Crippen LogP contribution in [0.5, 0.6) is 5.75 Å². The summed E-state index contributed by atoms with van der Waals surface area (Å²) in [5, 5.41) is 2.92. The van der Waals surface area contributed by atoms with E-state index in [1.54, 1.807) is 37.6 Å². The zero-order valence-electron chi connectivity index (χ0n) is 12.5. The van der Waals surface area contributed by atoms with Gasteiger partial charge in [0.2, 0.25) is 0 Å². The average molecular weight is 288 g/mol. The number of nitrogens with one attached hydrogen (secondary N) is 1. The monoisotopic (exact) mass is 288 g/mol. The van der Waals surface area contributed by atoms with E-state index in [0.29, 0.717) is 12.1 Å². The lowest BCUT2D eigenvalue weighted by molar-refractivity contribution is 0.0939. The minimum Gasteiger partial charge on any atom is -0.497 e. The van der Waals surface area contributed by atoms with E-state index in [1.165, 1.54) is 0 Å². The number of nitrogens with zero attached hydrogens (tertiary/aromatic N) is 1. The first-order valence-electron chi connectivity index (χ1n) is 6.74. The van der Waals surface area contributed by atoms with Gasteiger partial charge in [-0.1, -0.05) is 0 Å². The van der Waals surface area contributed by atoms with E-state index in [4.69, 9.17) is 9.15 Å². The Bertz CT molecular complexity index is 562. The van der Waals surface area contributed by atoms with Crippen LogP contribution in [-0.2, 0) is 0 Å². The van der Waals surface area contributed by atoms with Crippen molar-refractivity contribution in [3.05, 3.63) is 54.0 Å². The molecule has 0 fully saturated rings. The second-order valence-electron chi connectivity index (χ2n) is 4.93. The van der Waals surface area contributed by atoms with E-state index >= 15 is 0 Å². The second kappa shape index (κ2) is 6.95. The van der Waals surface area contributed by atoms with Crippen LogP contribution in [-0.4, -0.2) is 38.6 Å². The topological polar surface area (TPSA) is 54.7 Å². The van der Waals surface area contributed by atoms with Crippen LogP contribution in [0.15, 0.2) is 47.1 Å². The average Bonchev–Trinajstić information content (AvgIpc) is 3.01. The lowest BCUT2D eigenvalue weighted by Crippen LogP contribution is -2.34. The van der Waals surface area contributed by atoms with E-state index in [1.807, 2.05) is 31.1 Å². The summed E-state index contributed by atoms with van der Waals surface area (Å²) in [4.78, 5) is 14.1. The third-order valence-corrected chi connectivity index (χ3v) is 3.30. The molecule has 5 nitrogen and oxygen atoms in total. The van der Waals surface area contributed by atoms with Crippen LogP contribution in [0.1, 0.15) is 22.2 Å². The molecule has 0 radical (unpaired) electrons. The predicted octanol–water partition coefficient (Wildman–Crippen LogP) is 2.32. The van der Waals surface area contributed by atoms with Gasteiger partial charge in [-0.25, -0.2) is 0 Å². The normalized spacial score (nSPS) is 12.2. The summed E-state index contributed by atoms with van der Waals surface area (Å²) in [6.45, 7) is 0.478. The summed E-state index contributed by atoms with van der Waals surface area (Å²) >= 11 is 0. The maximum Gasteiger partial charge on any atom is 0.251 e. The number of carbonyl (C=O) groups is 1. The first-order chi connectivity index (χ1) is 10.1. The number of amides is 1. The Morgan fingerprint density at radius 1 is 1.29 bits per heavy atom. The van der Waals surface area contributed by atoms with Gasteiger partial charge in [-0.3, -0.25) is 9.69 Å². The summed E-state index contributed by atoms with van der Waals surface area (Å²) in [6.07, 6.45) is 1.64. The van der Waals surface area contributed by atoms with Crippen molar-refractivity contribution in [3.63, 3.8) is 0 Å². The summed E-state index contributed by atoms with van der Waals surface area (Å²) < 4.78 is 10.5. The maximum atomic E-state index is 12.1. The number of likely N-dealkylation sites (N-methyl/N-ethyl adjacent to an activating group) is 1. The third-order valence-electron chi connectivity index (χ3n) is 3.30. The molecular weight excluding hydrogens is 268 g/mol. The van der Waals surface area contributed by atoms with Crippen molar-refractivity contribution in [2.75, 3.05) is 27.7 Å². The molecular formula is C16H20N2O3. The van der Waals surface area contributed by atoms with Gasteiger partial charge in [0.25, 0.3) is 5.91 Å². The molecule has 0 aliphatic rings. The van der Waals surface area contributed by atoms with Crippen molar-refractivity contribution in [2.24, 2.45) is 0 Å². The molecule has 112 valence electrons. The van der Waals surface area contributed by atoms with Gasteiger partial charge in [0.15, 0.2) is 0 Å². The van der Waals surface area contributed by atoms with E-state index < -0.39 is 0 Å². The molecule has 0 saturated carbocycles. The van der Waals surface area contributed by atoms with Crippen molar-refractivity contribution < 1.29 is 13.9 Å². The van der Waals surface area contributed by atoms with Crippen LogP contribution >= 0.6 is 0 Å². The molecule has 1 N–H and O–H groups in total. The quantitative estimate of drug-likeness (QED) is 0.886. The molecule has 1 amide bonds. The zero-order valence-corrected chi connectivity index (χ0v) is 12.5. The van der Waals surface area contributed by atoms with E-state index in [2.05, 4.69) is 5.32 Å². The Morgan fingerprint density at radius 2 is 2.00 bits per heavy atom. The molecule has 0 bridgehead atoms. The third kappa shape index (κ3) is 3.86. The highest BCUT2D eigenvalue weighted by Gasteiger charge is 2.18. The van der Waals surface area contributed by atoms with Crippen molar-refractivity contribution in [2.45, 2.75) is 6.04 Å². The Balaban J connectivity index is 1.98. The zero-order chi connectivity index (χ0) is 15.2. The molecule has 1 heterocycles. The molecule has 2 rings (SSSR count). The molecule has 0 aliphatic carbocycles. The largest absolute Gasteiger partial charge is 0.497 e. The Kier molecular flexibility index (Phi) is 5.00. The minimum atomic E-state index is -0.115. The molecule has 21 heavy (non-hydrogen) atoms. The molecule has 0 aliphatic heterocycles. The van der Waals surface area contributed by atoms with Gasteiger partial charge >= 0.3 is 0 Å². The number of methoxy groups -OCH3 is 1. The van der Waals surface area contributed by atoms with Crippen LogP contribution in [0.2, 0.25) is 0 Å². The second-order valence-corrected chi connectivity index (χ2v) is 4.93. The van der Waals surface area contributed by atoms with E-state index in [9.17, 15) is 4.79 Å². The van der Waals surface area contributed by atoms with Crippen molar-refractivity contribution in [1.82, 2.24) is 10.2 Å². The molecule has 1 aromatic carbocycles. The fourth-order valence-corrected chi connectivity index (χ4v) is 2.05. The van der Waals surface area contributed by atoms with E-state index in [0.717, 1.165) is 11.5 Å². The van der Waals surface area contributed by atoms with Gasteiger partial charge in [0.05, 0.1) is 19.4 Å². The highest BCUT2D eigenvalue weighted by molar-refractivity contribution is 5.94. The smallest absolute Gasteiger partial charge is 0.251 e. The maximum absolute atomic E-state index is 12.1. The van der Waals surface area contributed by atoms with Crippen LogP contribution in [0.25, 0.3) is 0 Å². The molecule has 1 aromatic heterocycles. The Labute approximate surface area is 124 Å². The number of benzene rings is 1. The highest BCUT2D eigenvalue weighted by Crippen LogP contribution is 2.18. The molecule has 1 unspecified atom stereocenters. The number of hydrogen-bond donors (Lipinski definition) is 1. The number of furan rings is 1. The van der Waals surface area contributed by atoms with Crippen LogP contribution in [0.4, 0.5) is 0 Å². The Hall–Kier alpha value is -2.27. The van der Waals surface area contributed by atoms with E-state index in [-0.39, 0.29) is 11.9 Å². The van der Waals surface area contributed by atoms with Crippen LogP contribution < -0.4 is 10.1 Å². The van der Waals surface area contributed by atoms with Crippen molar-refractivity contribution in [1.29, 1.82) is 0 Å². The first kappa shape index (κ1) is 15.1. The molecule has 2 aromatic rings.